The molecule has 0 radical (unpaired) electrons. The van der Waals surface area contributed by atoms with Gasteiger partial charge in [-0.1, -0.05) is 5.16 Å². The fourth-order valence-electron chi connectivity index (χ4n) is 1.39. The van der Waals surface area contributed by atoms with E-state index >= 15 is 0 Å². The number of hydrogen-bond acceptors (Lipinski definition) is 6. The predicted octanol–water partition coefficient (Wildman–Crippen LogP) is 0.806. The van der Waals surface area contributed by atoms with E-state index in [1.54, 1.807) is 11.3 Å². The Bertz CT molecular complexity index is 495. The van der Waals surface area contributed by atoms with Crippen LogP contribution in [0.15, 0.2) is 21.3 Å². The second-order valence-corrected chi connectivity index (χ2v) is 4.44. The predicted molar refractivity (Wildman–Crippen MR) is 68.0 cm³/mol. The molecule has 6 nitrogen and oxygen atoms in total. The van der Waals surface area contributed by atoms with E-state index < -0.39 is 0 Å². The Labute approximate surface area is 108 Å². The largest absolute Gasteiger partial charge is 0.355 e. The third-order valence-corrected chi connectivity index (χ3v) is 2.96. The van der Waals surface area contributed by atoms with Crippen molar-refractivity contribution in [2.24, 2.45) is 5.73 Å². The Morgan fingerprint density at radius 3 is 3.17 bits per heavy atom. The van der Waals surface area contributed by atoms with Gasteiger partial charge in [-0.3, -0.25) is 4.79 Å². The van der Waals surface area contributed by atoms with E-state index in [0.717, 1.165) is 5.56 Å². The minimum absolute atomic E-state index is 0.0595. The highest BCUT2D eigenvalue weighted by Crippen LogP contribution is 2.18. The average Bonchev–Trinajstić information content (AvgIpc) is 3.03. The number of thiophene rings is 1. The van der Waals surface area contributed by atoms with Gasteiger partial charge in [-0.25, -0.2) is 0 Å². The normalized spacial score (nSPS) is 10.5. The number of carbonyl (C=O) groups is 1. The van der Waals surface area contributed by atoms with Gasteiger partial charge in [-0.15, -0.1) is 0 Å². The second kappa shape index (κ2) is 6.27. The van der Waals surface area contributed by atoms with Gasteiger partial charge in [-0.05, 0) is 11.4 Å². The van der Waals surface area contributed by atoms with Gasteiger partial charge in [0.25, 0.3) is 0 Å². The van der Waals surface area contributed by atoms with Crippen molar-refractivity contribution >= 4 is 17.2 Å². The summed E-state index contributed by atoms with van der Waals surface area (Å²) in [6.45, 7) is 0.928. The molecular formula is C11H14N4O2S. The smallest absolute Gasteiger partial charge is 0.227 e. The summed E-state index contributed by atoms with van der Waals surface area (Å²) in [4.78, 5) is 15.6. The molecule has 0 aliphatic heterocycles. The van der Waals surface area contributed by atoms with Crippen molar-refractivity contribution in [3.05, 3.63) is 22.7 Å². The van der Waals surface area contributed by atoms with Crippen LogP contribution in [0.2, 0.25) is 0 Å². The van der Waals surface area contributed by atoms with E-state index in [4.69, 9.17) is 10.3 Å². The van der Waals surface area contributed by atoms with E-state index in [-0.39, 0.29) is 5.91 Å². The summed E-state index contributed by atoms with van der Waals surface area (Å²) in [6.07, 6.45) is 0.763. The van der Waals surface area contributed by atoms with Crippen molar-refractivity contribution in [1.82, 2.24) is 15.5 Å². The highest BCUT2D eigenvalue weighted by Gasteiger charge is 2.10. The molecule has 3 N–H and O–H groups in total. The van der Waals surface area contributed by atoms with E-state index in [0.29, 0.717) is 37.6 Å². The monoisotopic (exact) mass is 266 g/mol. The minimum Gasteiger partial charge on any atom is -0.355 e. The number of nitrogens with two attached hydrogens (primary N) is 1. The van der Waals surface area contributed by atoms with E-state index in [2.05, 4.69) is 15.5 Å². The van der Waals surface area contributed by atoms with Gasteiger partial charge >= 0.3 is 0 Å². The molecule has 0 saturated heterocycles. The van der Waals surface area contributed by atoms with Gasteiger partial charge in [0.15, 0.2) is 0 Å². The van der Waals surface area contributed by atoms with Gasteiger partial charge in [-0.2, -0.15) is 16.3 Å². The third-order valence-electron chi connectivity index (χ3n) is 2.28. The minimum atomic E-state index is -0.0595. The van der Waals surface area contributed by atoms with Crippen molar-refractivity contribution in [3.63, 3.8) is 0 Å². The summed E-state index contributed by atoms with van der Waals surface area (Å²) in [5.74, 6) is 0.975. The Hall–Kier alpha value is -1.73. The van der Waals surface area contributed by atoms with Crippen molar-refractivity contribution in [1.29, 1.82) is 0 Å². The van der Waals surface area contributed by atoms with Crippen LogP contribution in [0.3, 0.4) is 0 Å². The molecule has 0 atom stereocenters. The lowest BCUT2D eigenvalue weighted by atomic mass is 10.3. The molecule has 0 unspecified atom stereocenters. The maximum atomic E-state index is 11.4. The molecule has 0 aromatic carbocycles. The fourth-order valence-corrected chi connectivity index (χ4v) is 2.02. The first kappa shape index (κ1) is 12.7. The molecule has 2 heterocycles. The summed E-state index contributed by atoms with van der Waals surface area (Å²) in [5, 5.41) is 10.4. The summed E-state index contributed by atoms with van der Waals surface area (Å²) in [6, 6.07) is 1.92. The topological polar surface area (TPSA) is 94.0 Å². The number of carbonyl (C=O) groups excluding carboxylic acids is 1. The lowest BCUT2D eigenvalue weighted by Crippen LogP contribution is -2.29. The van der Waals surface area contributed by atoms with Crippen LogP contribution in [-0.4, -0.2) is 29.1 Å². The summed E-state index contributed by atoms with van der Waals surface area (Å²) in [7, 11) is 0. The summed E-state index contributed by atoms with van der Waals surface area (Å²) in [5.41, 5.74) is 6.22. The quantitative estimate of drug-likeness (QED) is 0.806. The lowest BCUT2D eigenvalue weighted by Gasteiger charge is -2.00. The molecular weight excluding hydrogens is 252 g/mol. The molecule has 0 bridgehead atoms. The zero-order chi connectivity index (χ0) is 12.8. The number of hydrogen-bond donors (Lipinski definition) is 2. The molecule has 2 aromatic rings. The van der Waals surface area contributed by atoms with Crippen molar-refractivity contribution < 1.29 is 9.32 Å². The lowest BCUT2D eigenvalue weighted by molar-refractivity contribution is -0.121. The van der Waals surface area contributed by atoms with Gasteiger partial charge in [0.2, 0.25) is 17.6 Å². The molecule has 0 spiro atoms. The number of nitrogens with zero attached hydrogens (tertiary/aromatic N) is 2. The molecule has 0 saturated carbocycles. The second-order valence-electron chi connectivity index (χ2n) is 3.66. The zero-order valence-corrected chi connectivity index (χ0v) is 10.6. The number of aryl methyl sites for hydroxylation is 1. The standard InChI is InChI=1S/C11H14N4O2S/c12-4-5-13-9(16)1-2-10-14-11(15-17-10)8-3-6-18-7-8/h3,6-7H,1-2,4-5,12H2,(H,13,16). The molecule has 7 heteroatoms. The highest BCUT2D eigenvalue weighted by atomic mass is 32.1. The third kappa shape index (κ3) is 3.38. The van der Waals surface area contributed by atoms with Crippen molar-refractivity contribution in [2.45, 2.75) is 12.8 Å². The van der Waals surface area contributed by atoms with Crippen LogP contribution >= 0.6 is 11.3 Å². The molecule has 18 heavy (non-hydrogen) atoms. The Balaban J connectivity index is 1.86. The van der Waals surface area contributed by atoms with Crippen LogP contribution < -0.4 is 11.1 Å². The summed E-state index contributed by atoms with van der Waals surface area (Å²) >= 11 is 1.57. The SMILES string of the molecule is NCCNC(=O)CCc1nc(-c2ccsc2)no1. The Morgan fingerprint density at radius 2 is 2.44 bits per heavy atom. The van der Waals surface area contributed by atoms with E-state index in [1.807, 2.05) is 16.8 Å². The zero-order valence-electron chi connectivity index (χ0n) is 9.76. The van der Waals surface area contributed by atoms with Crippen LogP contribution in [0.5, 0.6) is 0 Å². The maximum absolute atomic E-state index is 11.4. The van der Waals surface area contributed by atoms with Gasteiger partial charge in [0.1, 0.15) is 0 Å². The maximum Gasteiger partial charge on any atom is 0.227 e. The molecule has 96 valence electrons. The molecule has 2 rings (SSSR count). The van der Waals surface area contributed by atoms with E-state index in [9.17, 15) is 4.79 Å². The van der Waals surface area contributed by atoms with Gasteiger partial charge in [0, 0.05) is 36.9 Å². The van der Waals surface area contributed by atoms with Crippen molar-refractivity contribution in [2.75, 3.05) is 13.1 Å². The van der Waals surface area contributed by atoms with Crippen LogP contribution in [-0.2, 0) is 11.2 Å². The first-order chi connectivity index (χ1) is 8.79. The van der Waals surface area contributed by atoms with Gasteiger partial charge < -0.3 is 15.6 Å². The Morgan fingerprint density at radius 1 is 1.56 bits per heavy atom. The number of aromatic nitrogens is 2. The molecule has 1 amide bonds. The summed E-state index contributed by atoms with van der Waals surface area (Å²) < 4.78 is 5.08. The first-order valence-electron chi connectivity index (χ1n) is 5.61. The van der Waals surface area contributed by atoms with Crippen molar-refractivity contribution in [3.8, 4) is 11.4 Å². The van der Waals surface area contributed by atoms with Crippen LogP contribution in [0.1, 0.15) is 12.3 Å². The Kier molecular flexibility index (Phi) is 4.43. The molecule has 0 aliphatic carbocycles. The van der Waals surface area contributed by atoms with E-state index in [1.165, 1.54) is 0 Å². The highest BCUT2D eigenvalue weighted by molar-refractivity contribution is 7.08. The first-order valence-corrected chi connectivity index (χ1v) is 6.56. The van der Waals surface area contributed by atoms with Crippen LogP contribution in [0.25, 0.3) is 11.4 Å². The molecule has 0 aliphatic rings. The fraction of sp³-hybridized carbons (Fsp3) is 0.364. The van der Waals surface area contributed by atoms with Crippen LogP contribution in [0.4, 0.5) is 0 Å². The van der Waals surface area contributed by atoms with Gasteiger partial charge in [0.05, 0.1) is 0 Å². The molecule has 2 aromatic heterocycles. The van der Waals surface area contributed by atoms with Crippen LogP contribution in [0, 0.1) is 0 Å². The molecule has 0 fully saturated rings. The number of amides is 1. The number of nitrogens with one attached hydrogen (secondary N) is 1. The average molecular weight is 266 g/mol. The number of rotatable bonds is 6.